The fraction of sp³-hybridized carbons (Fsp3) is 0.0769. The molecule has 0 aliphatic carbocycles. The predicted octanol–water partition coefficient (Wildman–Crippen LogP) is 4.30. The van der Waals surface area contributed by atoms with Crippen molar-refractivity contribution in [2.75, 3.05) is 0 Å². The molecule has 2 aromatic rings. The molecule has 0 aliphatic rings. The highest BCUT2D eigenvalue weighted by Crippen LogP contribution is 2.33. The number of benzene rings is 1. The van der Waals surface area contributed by atoms with Gasteiger partial charge in [0.05, 0.1) is 4.47 Å². The molecule has 98 valence electrons. The number of aromatic carboxylic acids is 1. The van der Waals surface area contributed by atoms with Crippen molar-refractivity contribution in [1.29, 1.82) is 0 Å². The van der Waals surface area contributed by atoms with Crippen LogP contribution in [0.4, 0.5) is 0 Å². The molecular weight excluding hydrogens is 334 g/mol. The highest BCUT2D eigenvalue weighted by Gasteiger charge is 2.17. The Balaban J connectivity index is 2.44. The van der Waals surface area contributed by atoms with Crippen LogP contribution in [0.2, 0.25) is 5.02 Å². The summed E-state index contributed by atoms with van der Waals surface area (Å²) < 4.78 is 6.16. The number of hydrogen-bond donors (Lipinski definition) is 1. The minimum absolute atomic E-state index is 0.0457. The number of halogens is 2. The van der Waals surface area contributed by atoms with Gasteiger partial charge in [-0.3, -0.25) is 0 Å². The molecule has 19 heavy (non-hydrogen) atoms. The summed E-state index contributed by atoms with van der Waals surface area (Å²) in [5.41, 5.74) is 0.631. The van der Waals surface area contributed by atoms with E-state index in [1.807, 2.05) is 0 Å². The van der Waals surface area contributed by atoms with Crippen molar-refractivity contribution in [2.24, 2.45) is 0 Å². The molecule has 0 amide bonds. The molecule has 0 unspecified atom stereocenters. The first-order valence-corrected chi connectivity index (χ1v) is 6.48. The smallest absolute Gasteiger partial charge is 0.341 e. The van der Waals surface area contributed by atoms with Gasteiger partial charge in [0, 0.05) is 11.2 Å². The zero-order valence-corrected chi connectivity index (χ0v) is 12.2. The molecule has 1 N–H and O–H groups in total. The summed E-state index contributed by atoms with van der Waals surface area (Å²) in [4.78, 5) is 15.2. The zero-order valence-electron chi connectivity index (χ0n) is 9.85. The third kappa shape index (κ3) is 3.05. The Bertz CT molecular complexity index is 646. The summed E-state index contributed by atoms with van der Waals surface area (Å²) >= 11 is 9.13. The van der Waals surface area contributed by atoms with Gasteiger partial charge in [-0.15, -0.1) is 0 Å². The summed E-state index contributed by atoms with van der Waals surface area (Å²) in [7, 11) is 0. The highest BCUT2D eigenvalue weighted by molar-refractivity contribution is 9.10. The molecule has 4 nitrogen and oxygen atoms in total. The average Bonchev–Trinajstić information content (AvgIpc) is 2.32. The topological polar surface area (TPSA) is 59.4 Å². The normalized spacial score (nSPS) is 10.3. The summed E-state index contributed by atoms with van der Waals surface area (Å²) in [6.07, 6.45) is 1.50. The van der Waals surface area contributed by atoms with Crippen molar-refractivity contribution in [3.8, 4) is 11.6 Å². The maximum Gasteiger partial charge on any atom is 0.341 e. The summed E-state index contributed by atoms with van der Waals surface area (Å²) in [6.45, 7) is 1.69. The Kier molecular flexibility index (Phi) is 4.07. The van der Waals surface area contributed by atoms with E-state index in [4.69, 9.17) is 16.3 Å². The minimum atomic E-state index is -1.08. The third-order valence-corrected chi connectivity index (χ3v) is 3.29. The molecule has 1 aromatic heterocycles. The van der Waals surface area contributed by atoms with Crippen LogP contribution in [0.3, 0.4) is 0 Å². The average molecular weight is 343 g/mol. The lowest BCUT2D eigenvalue weighted by Gasteiger charge is -2.10. The number of pyridine rings is 1. The van der Waals surface area contributed by atoms with E-state index in [-0.39, 0.29) is 11.4 Å². The van der Waals surface area contributed by atoms with Crippen LogP contribution in [0.15, 0.2) is 34.9 Å². The molecule has 0 radical (unpaired) electrons. The van der Waals surface area contributed by atoms with Crippen LogP contribution >= 0.6 is 27.5 Å². The first kappa shape index (κ1) is 13.8. The van der Waals surface area contributed by atoms with Gasteiger partial charge in [-0.1, -0.05) is 11.6 Å². The lowest BCUT2D eigenvalue weighted by Crippen LogP contribution is -2.04. The van der Waals surface area contributed by atoms with Crippen molar-refractivity contribution < 1.29 is 14.6 Å². The summed E-state index contributed by atoms with van der Waals surface area (Å²) in [6, 6.07) is 6.57. The summed E-state index contributed by atoms with van der Waals surface area (Å²) in [5, 5.41) is 9.74. The number of carboxylic acid groups (broad SMARTS) is 1. The van der Waals surface area contributed by atoms with Gasteiger partial charge in [-0.2, -0.15) is 0 Å². The molecule has 0 aliphatic heterocycles. The van der Waals surface area contributed by atoms with E-state index in [1.165, 1.54) is 6.20 Å². The van der Waals surface area contributed by atoms with Crippen LogP contribution in [0.25, 0.3) is 0 Å². The number of carbonyl (C=O) groups is 1. The first-order valence-electron chi connectivity index (χ1n) is 5.31. The molecule has 0 saturated carbocycles. The van der Waals surface area contributed by atoms with Gasteiger partial charge in [0.25, 0.3) is 0 Å². The van der Waals surface area contributed by atoms with Gasteiger partial charge >= 0.3 is 5.97 Å². The SMILES string of the molecule is Cc1ccnc(Oc2ccc(Cl)cc2Br)c1C(=O)O. The molecule has 2 rings (SSSR count). The number of carboxylic acids is 1. The summed E-state index contributed by atoms with van der Waals surface area (Å²) in [5.74, 6) is -0.578. The van der Waals surface area contributed by atoms with Gasteiger partial charge in [-0.25, -0.2) is 9.78 Å². The molecule has 1 aromatic carbocycles. The molecular formula is C13H9BrClNO3. The number of rotatable bonds is 3. The van der Waals surface area contributed by atoms with Gasteiger partial charge in [0.1, 0.15) is 11.3 Å². The maximum absolute atomic E-state index is 11.2. The Labute approximate surface area is 123 Å². The van der Waals surface area contributed by atoms with E-state index in [0.29, 0.717) is 20.8 Å². The largest absolute Gasteiger partial charge is 0.477 e. The van der Waals surface area contributed by atoms with E-state index in [0.717, 1.165) is 0 Å². The Hall–Kier alpha value is -1.59. The lowest BCUT2D eigenvalue weighted by molar-refractivity contribution is 0.0692. The van der Waals surface area contributed by atoms with E-state index in [2.05, 4.69) is 20.9 Å². The van der Waals surface area contributed by atoms with Crippen molar-refractivity contribution in [3.05, 3.63) is 51.1 Å². The molecule has 0 spiro atoms. The van der Waals surface area contributed by atoms with Crippen LogP contribution in [-0.2, 0) is 0 Å². The number of aryl methyl sites for hydroxylation is 1. The van der Waals surface area contributed by atoms with Crippen LogP contribution in [0.5, 0.6) is 11.6 Å². The van der Waals surface area contributed by atoms with Crippen molar-refractivity contribution in [2.45, 2.75) is 6.92 Å². The van der Waals surface area contributed by atoms with E-state index in [9.17, 15) is 9.90 Å². The molecule has 0 saturated heterocycles. The lowest BCUT2D eigenvalue weighted by atomic mass is 10.1. The second kappa shape index (κ2) is 5.59. The molecule has 0 bridgehead atoms. The van der Waals surface area contributed by atoms with Gasteiger partial charge in [0.2, 0.25) is 5.88 Å². The van der Waals surface area contributed by atoms with Crippen LogP contribution < -0.4 is 4.74 Å². The zero-order chi connectivity index (χ0) is 14.0. The second-order valence-corrected chi connectivity index (χ2v) is 5.08. The highest BCUT2D eigenvalue weighted by atomic mass is 79.9. The van der Waals surface area contributed by atoms with E-state index < -0.39 is 5.97 Å². The van der Waals surface area contributed by atoms with E-state index >= 15 is 0 Å². The van der Waals surface area contributed by atoms with Crippen molar-refractivity contribution in [3.63, 3.8) is 0 Å². The number of ether oxygens (including phenoxy) is 1. The number of aromatic nitrogens is 1. The Morgan fingerprint density at radius 3 is 2.79 bits per heavy atom. The van der Waals surface area contributed by atoms with Crippen LogP contribution in [0.1, 0.15) is 15.9 Å². The molecule has 1 heterocycles. The molecule has 6 heteroatoms. The van der Waals surface area contributed by atoms with Crippen LogP contribution in [-0.4, -0.2) is 16.1 Å². The molecule has 0 fully saturated rings. The van der Waals surface area contributed by atoms with Crippen molar-refractivity contribution >= 4 is 33.5 Å². The van der Waals surface area contributed by atoms with Crippen LogP contribution in [0, 0.1) is 6.92 Å². The third-order valence-electron chi connectivity index (χ3n) is 2.44. The number of nitrogens with zero attached hydrogens (tertiary/aromatic N) is 1. The fourth-order valence-electron chi connectivity index (χ4n) is 1.53. The maximum atomic E-state index is 11.2. The van der Waals surface area contributed by atoms with Gasteiger partial charge in [0.15, 0.2) is 0 Å². The van der Waals surface area contributed by atoms with Gasteiger partial charge in [-0.05, 0) is 52.7 Å². The number of hydrogen-bond acceptors (Lipinski definition) is 3. The fourth-order valence-corrected chi connectivity index (χ4v) is 2.30. The van der Waals surface area contributed by atoms with Crippen molar-refractivity contribution in [1.82, 2.24) is 4.98 Å². The first-order chi connectivity index (χ1) is 8.99. The quantitative estimate of drug-likeness (QED) is 0.903. The standard InChI is InChI=1S/C13H9BrClNO3/c1-7-4-5-16-12(11(7)13(17)18)19-10-3-2-8(15)6-9(10)14/h2-6H,1H3,(H,17,18). The van der Waals surface area contributed by atoms with Gasteiger partial charge < -0.3 is 9.84 Å². The predicted molar refractivity (Wildman–Crippen MR) is 75.2 cm³/mol. The Morgan fingerprint density at radius 2 is 2.16 bits per heavy atom. The van der Waals surface area contributed by atoms with E-state index in [1.54, 1.807) is 31.2 Å². The Morgan fingerprint density at radius 1 is 1.42 bits per heavy atom. The molecule has 0 atom stereocenters. The minimum Gasteiger partial charge on any atom is -0.477 e. The second-order valence-electron chi connectivity index (χ2n) is 3.79. The monoisotopic (exact) mass is 341 g/mol.